The van der Waals surface area contributed by atoms with Gasteiger partial charge in [-0.3, -0.25) is 4.90 Å². The molecule has 0 amide bonds. The minimum Gasteiger partial charge on any atom is -0.355 e. The maximum atomic E-state index is 12.8. The molecule has 1 unspecified atom stereocenters. The van der Waals surface area contributed by atoms with E-state index in [4.69, 9.17) is 5.14 Å². The molecular formula is C22H25F2N5O2S2. The fourth-order valence-electron chi connectivity index (χ4n) is 5.05. The standard InChI is InChI=1S/C22H25F2N5O2S2/c23-19(24)10-16-9-18-20(26-14-27-21(18)32-16)29-8-6-22(13-29)5-7-28(12-22)11-15-1-3-17(4-2-15)33(25,30)31/h1-4,9,14,19H,5-8,10-13H2,(H2,25,30,31). The van der Waals surface area contributed by atoms with Crippen molar-refractivity contribution in [2.75, 3.05) is 31.1 Å². The van der Waals surface area contributed by atoms with Crippen LogP contribution in [0.5, 0.6) is 0 Å². The van der Waals surface area contributed by atoms with Gasteiger partial charge in [-0.1, -0.05) is 12.1 Å². The Labute approximate surface area is 195 Å². The lowest BCUT2D eigenvalue weighted by atomic mass is 9.86. The van der Waals surface area contributed by atoms with Gasteiger partial charge in [0.15, 0.2) is 0 Å². The Morgan fingerprint density at radius 2 is 1.88 bits per heavy atom. The second-order valence-corrected chi connectivity index (χ2v) is 11.7. The summed E-state index contributed by atoms with van der Waals surface area (Å²) in [5, 5.41) is 6.04. The van der Waals surface area contributed by atoms with Crippen molar-refractivity contribution in [1.82, 2.24) is 14.9 Å². The molecule has 2 aliphatic heterocycles. The molecule has 2 fully saturated rings. The van der Waals surface area contributed by atoms with E-state index in [0.717, 1.165) is 67.2 Å². The highest BCUT2D eigenvalue weighted by atomic mass is 32.2. The molecule has 33 heavy (non-hydrogen) atoms. The second kappa shape index (κ2) is 8.53. The number of aromatic nitrogens is 2. The number of likely N-dealkylation sites (tertiary alicyclic amines) is 1. The first-order valence-electron chi connectivity index (χ1n) is 10.8. The number of hydrogen-bond acceptors (Lipinski definition) is 7. The number of rotatable bonds is 6. The molecule has 2 aliphatic rings. The number of anilines is 1. The van der Waals surface area contributed by atoms with Gasteiger partial charge in [0.25, 0.3) is 0 Å². The topological polar surface area (TPSA) is 92.4 Å². The quantitative estimate of drug-likeness (QED) is 0.567. The lowest BCUT2D eigenvalue weighted by Gasteiger charge is -2.25. The van der Waals surface area contributed by atoms with Crippen LogP contribution in [0.2, 0.25) is 0 Å². The molecule has 0 saturated carbocycles. The Balaban J connectivity index is 1.27. The number of nitrogens with zero attached hydrogens (tertiary/aromatic N) is 4. The Morgan fingerprint density at radius 1 is 1.12 bits per heavy atom. The molecule has 7 nitrogen and oxygen atoms in total. The zero-order valence-corrected chi connectivity index (χ0v) is 19.6. The summed E-state index contributed by atoms with van der Waals surface area (Å²) in [4.78, 5) is 15.0. The van der Waals surface area contributed by atoms with Crippen LogP contribution in [0, 0.1) is 5.41 Å². The lowest BCUT2D eigenvalue weighted by Crippen LogP contribution is -2.31. The minimum atomic E-state index is -3.68. The number of hydrogen-bond donors (Lipinski definition) is 1. The Morgan fingerprint density at radius 3 is 2.61 bits per heavy atom. The molecule has 0 aliphatic carbocycles. The number of halogens is 2. The normalized spacial score (nSPS) is 21.8. The fourth-order valence-corrected chi connectivity index (χ4v) is 6.56. The molecule has 3 aromatic rings. The summed E-state index contributed by atoms with van der Waals surface area (Å²) in [5.41, 5.74) is 1.22. The van der Waals surface area contributed by atoms with Gasteiger partial charge in [0.05, 0.1) is 10.3 Å². The molecule has 4 heterocycles. The molecule has 1 atom stereocenters. The van der Waals surface area contributed by atoms with Gasteiger partial charge in [-0.05, 0) is 43.1 Å². The van der Waals surface area contributed by atoms with Crippen molar-refractivity contribution >= 4 is 37.4 Å². The largest absolute Gasteiger partial charge is 0.355 e. The molecule has 0 radical (unpaired) electrons. The summed E-state index contributed by atoms with van der Waals surface area (Å²) >= 11 is 1.31. The van der Waals surface area contributed by atoms with E-state index in [0.29, 0.717) is 4.88 Å². The number of sulfonamides is 1. The van der Waals surface area contributed by atoms with Crippen LogP contribution in [0.25, 0.3) is 10.2 Å². The summed E-state index contributed by atoms with van der Waals surface area (Å²) in [7, 11) is -3.68. The van der Waals surface area contributed by atoms with Crippen molar-refractivity contribution in [3.63, 3.8) is 0 Å². The van der Waals surface area contributed by atoms with Gasteiger partial charge in [0, 0.05) is 42.9 Å². The molecule has 1 spiro atoms. The van der Waals surface area contributed by atoms with Crippen molar-refractivity contribution in [1.29, 1.82) is 0 Å². The van der Waals surface area contributed by atoms with Crippen molar-refractivity contribution in [2.24, 2.45) is 10.6 Å². The third kappa shape index (κ3) is 4.72. The van der Waals surface area contributed by atoms with Crippen molar-refractivity contribution in [3.8, 4) is 0 Å². The van der Waals surface area contributed by atoms with Crippen molar-refractivity contribution in [2.45, 2.75) is 37.1 Å². The third-order valence-corrected chi connectivity index (χ3v) is 8.62. The minimum absolute atomic E-state index is 0.122. The van der Waals surface area contributed by atoms with E-state index in [1.807, 2.05) is 18.2 Å². The molecule has 2 N–H and O–H groups in total. The first kappa shape index (κ1) is 22.6. The van der Waals surface area contributed by atoms with E-state index in [9.17, 15) is 17.2 Å². The van der Waals surface area contributed by atoms with Gasteiger partial charge in [-0.15, -0.1) is 11.3 Å². The van der Waals surface area contributed by atoms with E-state index in [2.05, 4.69) is 19.8 Å². The number of thiophene rings is 1. The zero-order chi connectivity index (χ0) is 23.2. The van der Waals surface area contributed by atoms with E-state index < -0.39 is 16.4 Å². The molecule has 2 aromatic heterocycles. The fraction of sp³-hybridized carbons (Fsp3) is 0.455. The molecule has 11 heteroatoms. The van der Waals surface area contributed by atoms with Crippen LogP contribution in [-0.2, 0) is 23.0 Å². The van der Waals surface area contributed by atoms with Crippen molar-refractivity contribution in [3.05, 3.63) is 47.1 Å². The highest BCUT2D eigenvalue weighted by Gasteiger charge is 2.44. The number of benzene rings is 1. The molecule has 0 bridgehead atoms. The highest BCUT2D eigenvalue weighted by Crippen LogP contribution is 2.43. The van der Waals surface area contributed by atoms with E-state index >= 15 is 0 Å². The molecule has 1 aromatic carbocycles. The van der Waals surface area contributed by atoms with Gasteiger partial charge in [-0.2, -0.15) is 0 Å². The number of fused-ring (bicyclic) bond motifs is 1. The monoisotopic (exact) mass is 493 g/mol. The number of nitrogens with two attached hydrogens (primary N) is 1. The molecule has 2 saturated heterocycles. The average Bonchev–Trinajstić information content (AvgIpc) is 3.46. The Hall–Kier alpha value is -2.21. The van der Waals surface area contributed by atoms with Crippen LogP contribution in [0.1, 0.15) is 23.3 Å². The Kier molecular flexibility index (Phi) is 5.84. The maximum absolute atomic E-state index is 12.8. The molecule has 5 rings (SSSR count). The van der Waals surface area contributed by atoms with Crippen LogP contribution in [0.15, 0.2) is 41.6 Å². The first-order valence-corrected chi connectivity index (χ1v) is 13.2. The van der Waals surface area contributed by atoms with Crippen LogP contribution in [-0.4, -0.2) is 55.9 Å². The summed E-state index contributed by atoms with van der Waals surface area (Å²) in [6.45, 7) is 4.44. The van der Waals surface area contributed by atoms with Gasteiger partial charge >= 0.3 is 0 Å². The molecule has 176 valence electrons. The average molecular weight is 494 g/mol. The van der Waals surface area contributed by atoms with Crippen LogP contribution < -0.4 is 10.0 Å². The maximum Gasteiger partial charge on any atom is 0.243 e. The Bertz CT molecular complexity index is 1270. The van der Waals surface area contributed by atoms with E-state index in [1.54, 1.807) is 12.1 Å². The first-order chi connectivity index (χ1) is 15.7. The summed E-state index contributed by atoms with van der Waals surface area (Å²) in [5.74, 6) is 0.839. The number of alkyl halides is 2. The number of primary sulfonamides is 1. The second-order valence-electron chi connectivity index (χ2n) is 9.05. The van der Waals surface area contributed by atoms with E-state index in [1.165, 1.54) is 17.7 Å². The zero-order valence-electron chi connectivity index (χ0n) is 18.0. The smallest absolute Gasteiger partial charge is 0.243 e. The van der Waals surface area contributed by atoms with Crippen LogP contribution in [0.3, 0.4) is 0 Å². The SMILES string of the molecule is NS(=O)(=O)c1ccc(CN2CCC3(CCN(c4ncnc5sc(CC(F)F)cc45)C3)C2)cc1. The summed E-state index contributed by atoms with van der Waals surface area (Å²) < 4.78 is 48.6. The van der Waals surface area contributed by atoms with Crippen molar-refractivity contribution < 1.29 is 17.2 Å². The van der Waals surface area contributed by atoms with Gasteiger partial charge in [0.1, 0.15) is 17.0 Å². The van der Waals surface area contributed by atoms with Gasteiger partial charge in [-0.25, -0.2) is 32.3 Å². The third-order valence-electron chi connectivity index (χ3n) is 6.63. The highest BCUT2D eigenvalue weighted by molar-refractivity contribution is 7.89. The predicted molar refractivity (Wildman–Crippen MR) is 124 cm³/mol. The summed E-state index contributed by atoms with van der Waals surface area (Å²) in [6.07, 6.45) is 1.03. The van der Waals surface area contributed by atoms with E-state index in [-0.39, 0.29) is 16.7 Å². The van der Waals surface area contributed by atoms with Gasteiger partial charge in [0.2, 0.25) is 16.4 Å². The van der Waals surface area contributed by atoms with Gasteiger partial charge < -0.3 is 4.90 Å². The lowest BCUT2D eigenvalue weighted by molar-refractivity contribution is 0.150. The summed E-state index contributed by atoms with van der Waals surface area (Å²) in [6, 6.07) is 8.56. The van der Waals surface area contributed by atoms with Crippen LogP contribution >= 0.6 is 11.3 Å². The van der Waals surface area contributed by atoms with Crippen LogP contribution in [0.4, 0.5) is 14.6 Å². The predicted octanol–water partition coefficient (Wildman–Crippen LogP) is 3.25. The molecular weight excluding hydrogens is 468 g/mol.